The predicted molar refractivity (Wildman–Crippen MR) is 92.0 cm³/mol. The van der Waals surface area contributed by atoms with Gasteiger partial charge in [-0.05, 0) is 44.0 Å². The second-order valence-electron chi connectivity index (χ2n) is 5.28. The summed E-state index contributed by atoms with van der Waals surface area (Å²) >= 11 is 5.36. The van der Waals surface area contributed by atoms with Crippen LogP contribution in [0.15, 0.2) is 28.7 Å². The molecule has 1 saturated carbocycles. The van der Waals surface area contributed by atoms with Crippen LogP contribution in [0.3, 0.4) is 0 Å². The van der Waals surface area contributed by atoms with Crippen LogP contribution in [0, 0.1) is 0 Å². The molecule has 5 heteroatoms. The van der Waals surface area contributed by atoms with Crippen molar-refractivity contribution in [3.8, 4) is 5.75 Å². The highest BCUT2D eigenvalue weighted by Crippen LogP contribution is 2.28. The average molecular weight is 372 g/mol. The summed E-state index contributed by atoms with van der Waals surface area (Å²) in [6.45, 7) is 2.50. The Kier molecular flexibility index (Phi) is 6.90. The molecule has 0 aromatic heterocycles. The van der Waals surface area contributed by atoms with Gasteiger partial charge in [-0.3, -0.25) is 4.79 Å². The monoisotopic (exact) mass is 371 g/mol. The quantitative estimate of drug-likeness (QED) is 0.735. The van der Waals surface area contributed by atoms with Crippen molar-refractivity contribution in [2.75, 3.05) is 12.3 Å². The van der Waals surface area contributed by atoms with Gasteiger partial charge in [0.2, 0.25) is 0 Å². The third kappa shape index (κ3) is 5.91. The predicted octanol–water partition coefficient (Wildman–Crippen LogP) is 4.01. The highest BCUT2D eigenvalue weighted by molar-refractivity contribution is 9.10. The SMILES string of the molecule is C[C@H](Oc1ccc(Br)cc1)C(=O)NCCSC1CCCC1. The number of thioether (sulfide) groups is 1. The Morgan fingerprint density at radius 2 is 2.05 bits per heavy atom. The lowest BCUT2D eigenvalue weighted by Crippen LogP contribution is -2.37. The molecule has 1 N–H and O–H groups in total. The number of ether oxygens (including phenoxy) is 1. The molecule has 0 bridgehead atoms. The fourth-order valence-electron chi connectivity index (χ4n) is 2.37. The standard InChI is InChI=1S/C16H22BrNO2S/c1-12(20-14-8-6-13(17)7-9-14)16(19)18-10-11-21-15-4-2-3-5-15/h6-9,12,15H,2-5,10-11H2,1H3,(H,18,19)/t12-/m0/s1. The van der Waals surface area contributed by atoms with E-state index in [1.165, 1.54) is 25.7 Å². The smallest absolute Gasteiger partial charge is 0.260 e. The largest absolute Gasteiger partial charge is 0.481 e. The second-order valence-corrected chi connectivity index (χ2v) is 7.61. The van der Waals surface area contributed by atoms with Crippen molar-refractivity contribution in [1.29, 1.82) is 0 Å². The molecule has 1 amide bonds. The zero-order valence-electron chi connectivity index (χ0n) is 12.3. The molecule has 1 fully saturated rings. The average Bonchev–Trinajstić information content (AvgIpc) is 2.99. The van der Waals surface area contributed by atoms with Crippen molar-refractivity contribution in [1.82, 2.24) is 5.32 Å². The van der Waals surface area contributed by atoms with E-state index in [0.29, 0.717) is 12.3 Å². The van der Waals surface area contributed by atoms with Crippen molar-refractivity contribution < 1.29 is 9.53 Å². The molecular formula is C16H22BrNO2S. The topological polar surface area (TPSA) is 38.3 Å². The zero-order chi connectivity index (χ0) is 15.1. The normalized spacial score (nSPS) is 16.7. The Morgan fingerprint density at radius 3 is 2.71 bits per heavy atom. The maximum atomic E-state index is 12.0. The molecule has 1 aromatic carbocycles. The van der Waals surface area contributed by atoms with Gasteiger partial charge >= 0.3 is 0 Å². The summed E-state index contributed by atoms with van der Waals surface area (Å²) in [4.78, 5) is 12.0. The highest BCUT2D eigenvalue weighted by Gasteiger charge is 2.16. The van der Waals surface area contributed by atoms with Crippen LogP contribution in [-0.2, 0) is 4.79 Å². The van der Waals surface area contributed by atoms with Gasteiger partial charge in [-0.25, -0.2) is 0 Å². The molecule has 1 atom stereocenters. The fraction of sp³-hybridized carbons (Fsp3) is 0.562. The van der Waals surface area contributed by atoms with E-state index in [9.17, 15) is 4.79 Å². The fourth-order valence-corrected chi connectivity index (χ4v) is 3.85. The van der Waals surface area contributed by atoms with Gasteiger partial charge in [-0.2, -0.15) is 11.8 Å². The van der Waals surface area contributed by atoms with Crippen molar-refractivity contribution >= 4 is 33.6 Å². The molecular weight excluding hydrogens is 350 g/mol. The Balaban J connectivity index is 1.63. The molecule has 0 aliphatic heterocycles. The molecule has 3 nitrogen and oxygen atoms in total. The minimum atomic E-state index is -0.470. The maximum Gasteiger partial charge on any atom is 0.260 e. The van der Waals surface area contributed by atoms with Crippen LogP contribution in [0.5, 0.6) is 5.75 Å². The van der Waals surface area contributed by atoms with E-state index in [4.69, 9.17) is 4.74 Å². The number of carbonyl (C=O) groups is 1. The van der Waals surface area contributed by atoms with Gasteiger partial charge in [0, 0.05) is 22.0 Å². The number of hydrogen-bond donors (Lipinski definition) is 1. The van der Waals surface area contributed by atoms with Gasteiger partial charge in [-0.1, -0.05) is 28.8 Å². The van der Waals surface area contributed by atoms with Crippen LogP contribution >= 0.6 is 27.7 Å². The molecule has 0 heterocycles. The number of halogens is 1. The lowest BCUT2D eigenvalue weighted by molar-refractivity contribution is -0.127. The molecule has 0 saturated heterocycles. The third-order valence-corrected chi connectivity index (χ3v) is 5.46. The lowest BCUT2D eigenvalue weighted by atomic mass is 10.3. The number of hydrogen-bond acceptors (Lipinski definition) is 3. The Hall–Kier alpha value is -0.680. The molecule has 1 aromatic rings. The van der Waals surface area contributed by atoms with Gasteiger partial charge in [0.1, 0.15) is 5.75 Å². The van der Waals surface area contributed by atoms with Crippen LogP contribution in [0.25, 0.3) is 0 Å². The maximum absolute atomic E-state index is 12.0. The summed E-state index contributed by atoms with van der Waals surface area (Å²) in [5.41, 5.74) is 0. The lowest BCUT2D eigenvalue weighted by Gasteiger charge is -2.15. The summed E-state index contributed by atoms with van der Waals surface area (Å²) < 4.78 is 6.62. The summed E-state index contributed by atoms with van der Waals surface area (Å²) in [5.74, 6) is 1.65. The van der Waals surface area contributed by atoms with E-state index in [0.717, 1.165) is 15.5 Å². The Labute approximate surface area is 139 Å². The van der Waals surface area contributed by atoms with Crippen molar-refractivity contribution in [2.45, 2.75) is 44.0 Å². The molecule has 1 aliphatic rings. The molecule has 0 spiro atoms. The Bertz CT molecular complexity index is 446. The molecule has 116 valence electrons. The molecule has 21 heavy (non-hydrogen) atoms. The number of nitrogens with one attached hydrogen (secondary N) is 1. The van der Waals surface area contributed by atoms with E-state index in [1.54, 1.807) is 6.92 Å². The van der Waals surface area contributed by atoms with Crippen LogP contribution in [-0.4, -0.2) is 29.6 Å². The van der Waals surface area contributed by atoms with Crippen LogP contribution < -0.4 is 10.1 Å². The van der Waals surface area contributed by atoms with E-state index >= 15 is 0 Å². The molecule has 0 radical (unpaired) electrons. The number of carbonyl (C=O) groups excluding carboxylic acids is 1. The second kappa shape index (κ2) is 8.69. The Morgan fingerprint density at radius 1 is 1.38 bits per heavy atom. The summed E-state index contributed by atoms with van der Waals surface area (Å²) in [7, 11) is 0. The first kappa shape index (κ1) is 16.7. The minimum absolute atomic E-state index is 0.0510. The van der Waals surface area contributed by atoms with Crippen molar-refractivity contribution in [3.05, 3.63) is 28.7 Å². The first-order chi connectivity index (χ1) is 10.1. The third-order valence-electron chi connectivity index (χ3n) is 3.55. The number of amides is 1. The van der Waals surface area contributed by atoms with E-state index < -0.39 is 6.10 Å². The number of benzene rings is 1. The summed E-state index contributed by atoms with van der Waals surface area (Å²) in [5, 5.41) is 3.75. The van der Waals surface area contributed by atoms with Crippen LogP contribution in [0.2, 0.25) is 0 Å². The molecule has 1 aliphatic carbocycles. The van der Waals surface area contributed by atoms with Gasteiger partial charge in [0.05, 0.1) is 0 Å². The van der Waals surface area contributed by atoms with Gasteiger partial charge in [0.15, 0.2) is 6.10 Å². The summed E-state index contributed by atoms with van der Waals surface area (Å²) in [6, 6.07) is 7.50. The van der Waals surface area contributed by atoms with Crippen LogP contribution in [0.4, 0.5) is 0 Å². The van der Waals surface area contributed by atoms with Gasteiger partial charge in [0.25, 0.3) is 5.91 Å². The molecule has 0 unspecified atom stereocenters. The van der Waals surface area contributed by atoms with E-state index in [2.05, 4.69) is 21.2 Å². The minimum Gasteiger partial charge on any atom is -0.481 e. The zero-order valence-corrected chi connectivity index (χ0v) is 14.7. The van der Waals surface area contributed by atoms with Crippen molar-refractivity contribution in [3.63, 3.8) is 0 Å². The first-order valence-electron chi connectivity index (χ1n) is 7.46. The van der Waals surface area contributed by atoms with Gasteiger partial charge < -0.3 is 10.1 Å². The van der Waals surface area contributed by atoms with E-state index in [-0.39, 0.29) is 5.91 Å². The number of rotatable bonds is 7. The van der Waals surface area contributed by atoms with Gasteiger partial charge in [-0.15, -0.1) is 0 Å². The summed E-state index contributed by atoms with van der Waals surface area (Å²) in [6.07, 6.45) is 4.93. The molecule has 2 rings (SSSR count). The van der Waals surface area contributed by atoms with Crippen LogP contribution in [0.1, 0.15) is 32.6 Å². The van der Waals surface area contributed by atoms with Crippen molar-refractivity contribution in [2.24, 2.45) is 0 Å². The highest BCUT2D eigenvalue weighted by atomic mass is 79.9. The van der Waals surface area contributed by atoms with E-state index in [1.807, 2.05) is 36.0 Å². The first-order valence-corrected chi connectivity index (χ1v) is 9.31.